The predicted octanol–water partition coefficient (Wildman–Crippen LogP) is 4.68. The number of rotatable bonds is 10. The Morgan fingerprint density at radius 3 is 1.96 bits per heavy atom. The fraction of sp³-hybridized carbons (Fsp3) is 0.415. The highest BCUT2D eigenvalue weighted by atomic mass is 16.6. The first kappa shape index (κ1) is 39.7. The molecule has 1 aromatic carbocycles. The Balaban J connectivity index is 0.000000277. The van der Waals surface area contributed by atoms with Crippen molar-refractivity contribution < 1.29 is 33.3 Å². The van der Waals surface area contributed by atoms with Crippen molar-refractivity contribution in [2.45, 2.75) is 64.9 Å². The van der Waals surface area contributed by atoms with Crippen LogP contribution in [0, 0.1) is 0 Å². The summed E-state index contributed by atoms with van der Waals surface area (Å²) in [4.78, 5) is 60.9. The molecule has 5 aromatic rings. The van der Waals surface area contributed by atoms with E-state index in [-0.39, 0.29) is 29.8 Å². The minimum absolute atomic E-state index is 0.00363. The van der Waals surface area contributed by atoms with E-state index in [4.69, 9.17) is 23.7 Å². The molecule has 0 aliphatic carbocycles. The lowest BCUT2D eigenvalue weighted by Gasteiger charge is -2.39. The Kier molecular flexibility index (Phi) is 12.5. The number of piperidine rings is 1. The van der Waals surface area contributed by atoms with Crippen LogP contribution in [0.2, 0.25) is 0 Å². The molecule has 0 N–H and O–H groups in total. The number of ether oxygens (including phenoxy) is 5. The van der Waals surface area contributed by atoms with Crippen molar-refractivity contribution in [3.05, 3.63) is 93.0 Å². The molecule has 2 aliphatic rings. The summed E-state index contributed by atoms with van der Waals surface area (Å²) in [5.74, 6) is 2.33. The SMILES string of the molecule is COc1ccc2ccc(=O)n(CC=O)c2n1.COc1ccc2ccc(=O)n(CCN3CCC(N(Cc4ccc5c(c4)OCCO5)C(=O)OC(C)(C)C)CC3)c2n1. The predicted molar refractivity (Wildman–Crippen MR) is 210 cm³/mol. The average Bonchev–Trinajstić information content (AvgIpc) is 3.20. The number of carbonyl (C=O) groups is 2. The van der Waals surface area contributed by atoms with Crippen LogP contribution in [0.15, 0.2) is 76.3 Å². The van der Waals surface area contributed by atoms with E-state index >= 15 is 0 Å². The van der Waals surface area contributed by atoms with Gasteiger partial charge in [-0.2, -0.15) is 9.97 Å². The van der Waals surface area contributed by atoms with Crippen LogP contribution >= 0.6 is 0 Å². The lowest BCUT2D eigenvalue weighted by Crippen LogP contribution is -2.49. The molecule has 1 amide bonds. The first-order valence-corrected chi connectivity index (χ1v) is 18.6. The molecule has 7 rings (SSSR count). The fourth-order valence-corrected chi connectivity index (χ4v) is 6.72. The zero-order valence-electron chi connectivity index (χ0n) is 32.4. The molecule has 4 aromatic heterocycles. The second-order valence-electron chi connectivity index (χ2n) is 14.5. The zero-order valence-corrected chi connectivity index (χ0v) is 32.4. The molecule has 15 nitrogen and oxygen atoms in total. The minimum Gasteiger partial charge on any atom is -0.486 e. The molecule has 296 valence electrons. The summed E-state index contributed by atoms with van der Waals surface area (Å²) in [6.45, 7) is 9.97. The third-order valence-corrected chi connectivity index (χ3v) is 9.51. The number of benzene rings is 1. The molecule has 6 heterocycles. The van der Waals surface area contributed by atoms with Crippen LogP contribution in [0.1, 0.15) is 39.2 Å². The van der Waals surface area contributed by atoms with Crippen molar-refractivity contribution in [3.63, 3.8) is 0 Å². The highest BCUT2D eigenvalue weighted by Crippen LogP contribution is 2.32. The molecule has 15 heteroatoms. The second-order valence-corrected chi connectivity index (χ2v) is 14.5. The molecular formula is C41H48N6O9. The summed E-state index contributed by atoms with van der Waals surface area (Å²) in [6.07, 6.45) is 1.96. The molecule has 1 fully saturated rings. The van der Waals surface area contributed by atoms with Gasteiger partial charge in [0.2, 0.25) is 11.8 Å². The van der Waals surface area contributed by atoms with Gasteiger partial charge in [0, 0.05) is 73.8 Å². The van der Waals surface area contributed by atoms with Gasteiger partial charge in [-0.15, -0.1) is 0 Å². The molecule has 1 saturated heterocycles. The zero-order chi connectivity index (χ0) is 39.8. The summed E-state index contributed by atoms with van der Waals surface area (Å²) in [5, 5.41) is 1.69. The van der Waals surface area contributed by atoms with E-state index in [1.807, 2.05) is 49.9 Å². The van der Waals surface area contributed by atoms with E-state index in [0.29, 0.717) is 67.9 Å². The first-order valence-electron chi connectivity index (χ1n) is 18.6. The third kappa shape index (κ3) is 9.63. The van der Waals surface area contributed by atoms with Gasteiger partial charge in [0.15, 0.2) is 11.5 Å². The number of pyridine rings is 4. The smallest absolute Gasteiger partial charge is 0.410 e. The first-order chi connectivity index (χ1) is 27.0. The number of nitrogens with zero attached hydrogens (tertiary/aromatic N) is 6. The third-order valence-electron chi connectivity index (χ3n) is 9.51. The average molecular weight is 769 g/mol. The van der Waals surface area contributed by atoms with E-state index in [1.54, 1.807) is 48.1 Å². The van der Waals surface area contributed by atoms with Crippen LogP contribution in [0.5, 0.6) is 23.3 Å². The Morgan fingerprint density at radius 2 is 1.38 bits per heavy atom. The number of amides is 1. The van der Waals surface area contributed by atoms with E-state index in [1.165, 1.54) is 17.7 Å². The van der Waals surface area contributed by atoms with E-state index < -0.39 is 5.60 Å². The van der Waals surface area contributed by atoms with Crippen LogP contribution < -0.4 is 30.1 Å². The van der Waals surface area contributed by atoms with Gasteiger partial charge in [0.25, 0.3) is 11.1 Å². The van der Waals surface area contributed by atoms with Crippen LogP contribution in [0.25, 0.3) is 22.1 Å². The number of fused-ring (bicyclic) bond motifs is 3. The maximum absolute atomic E-state index is 13.3. The standard InChI is InChI=1S/C30H38N4O6.C11H10N2O3/c1-30(2,3)40-29(36)34(20-21-5-8-24-25(19-21)39-18-17-38-24)23-11-13-32(14-12-23)15-16-33-27(35)10-7-22-6-9-26(37-4)31-28(22)33;1-16-9-4-2-8-3-5-10(15)13(6-7-14)11(8)12-9/h5-10,19,23H,11-18,20H2,1-4H3;2-5,7H,6H2,1H3. The highest BCUT2D eigenvalue weighted by Gasteiger charge is 2.31. The van der Waals surface area contributed by atoms with Gasteiger partial charge >= 0.3 is 6.09 Å². The Hall–Kier alpha value is -5.96. The number of hydrogen-bond acceptors (Lipinski definition) is 12. The van der Waals surface area contributed by atoms with Gasteiger partial charge in [0.1, 0.15) is 36.4 Å². The summed E-state index contributed by atoms with van der Waals surface area (Å²) in [6, 6.07) is 19.5. The van der Waals surface area contributed by atoms with E-state index in [9.17, 15) is 19.2 Å². The van der Waals surface area contributed by atoms with Crippen molar-refractivity contribution >= 4 is 34.4 Å². The molecule has 56 heavy (non-hydrogen) atoms. The lowest BCUT2D eigenvalue weighted by atomic mass is 10.0. The number of aldehydes is 1. The second kappa shape index (κ2) is 17.7. The van der Waals surface area contributed by atoms with Gasteiger partial charge < -0.3 is 38.3 Å². The molecule has 0 unspecified atom stereocenters. The summed E-state index contributed by atoms with van der Waals surface area (Å²) in [7, 11) is 3.07. The quantitative estimate of drug-likeness (QED) is 0.181. The maximum atomic E-state index is 13.3. The van der Waals surface area contributed by atoms with Crippen molar-refractivity contribution in [2.24, 2.45) is 0 Å². The minimum atomic E-state index is -0.592. The van der Waals surface area contributed by atoms with Gasteiger partial charge in [-0.05, 0) is 75.6 Å². The summed E-state index contributed by atoms with van der Waals surface area (Å²) >= 11 is 0. The van der Waals surface area contributed by atoms with Crippen molar-refractivity contribution in [2.75, 3.05) is 47.1 Å². The molecule has 0 spiro atoms. The van der Waals surface area contributed by atoms with E-state index in [0.717, 1.165) is 48.0 Å². The highest BCUT2D eigenvalue weighted by molar-refractivity contribution is 5.76. The largest absolute Gasteiger partial charge is 0.486 e. The Bertz CT molecular complexity index is 2290. The van der Waals surface area contributed by atoms with Crippen molar-refractivity contribution in [3.8, 4) is 23.3 Å². The lowest BCUT2D eigenvalue weighted by molar-refractivity contribution is -0.108. The molecule has 0 saturated carbocycles. The monoisotopic (exact) mass is 768 g/mol. The topological polar surface area (TPSA) is 157 Å². The van der Waals surface area contributed by atoms with Gasteiger partial charge in [-0.3, -0.25) is 18.7 Å². The number of carbonyl (C=O) groups excluding carboxylic acids is 2. The summed E-state index contributed by atoms with van der Waals surface area (Å²) < 4.78 is 30.5. The Morgan fingerprint density at radius 1 is 0.804 bits per heavy atom. The number of hydrogen-bond donors (Lipinski definition) is 0. The fourth-order valence-electron chi connectivity index (χ4n) is 6.72. The van der Waals surface area contributed by atoms with Crippen LogP contribution in [0.4, 0.5) is 4.79 Å². The van der Waals surface area contributed by atoms with E-state index in [2.05, 4.69) is 14.9 Å². The van der Waals surface area contributed by atoms with Gasteiger partial charge in [-0.1, -0.05) is 6.07 Å². The Labute approximate surface area is 324 Å². The maximum Gasteiger partial charge on any atom is 0.410 e. The number of likely N-dealkylation sites (tertiary alicyclic amines) is 1. The molecule has 0 radical (unpaired) electrons. The van der Waals surface area contributed by atoms with Crippen LogP contribution in [-0.4, -0.2) is 100.0 Å². The number of methoxy groups -OCH3 is 2. The van der Waals surface area contributed by atoms with Crippen molar-refractivity contribution in [1.82, 2.24) is 28.9 Å². The number of aromatic nitrogens is 4. The van der Waals surface area contributed by atoms with Crippen LogP contribution in [0.3, 0.4) is 0 Å². The van der Waals surface area contributed by atoms with Gasteiger partial charge in [-0.25, -0.2) is 4.79 Å². The molecule has 0 atom stereocenters. The molecular weight excluding hydrogens is 720 g/mol. The van der Waals surface area contributed by atoms with Crippen molar-refractivity contribution in [1.29, 1.82) is 0 Å². The van der Waals surface area contributed by atoms with Crippen LogP contribution in [-0.2, 0) is 29.2 Å². The molecule has 0 bridgehead atoms. The normalized spacial score (nSPS) is 14.4. The molecule has 2 aliphatic heterocycles. The van der Waals surface area contributed by atoms with Gasteiger partial charge in [0.05, 0.1) is 20.8 Å². The summed E-state index contributed by atoms with van der Waals surface area (Å²) in [5.41, 5.74) is 1.12.